The van der Waals surface area contributed by atoms with Crippen LogP contribution in [0.5, 0.6) is 0 Å². The molecule has 19 heavy (non-hydrogen) atoms. The van der Waals surface area contributed by atoms with E-state index in [4.69, 9.17) is 0 Å². The third-order valence-corrected chi connectivity index (χ3v) is 2.58. The maximum atomic E-state index is 13.3. The lowest BCUT2D eigenvalue weighted by Gasteiger charge is -2.00. The van der Waals surface area contributed by atoms with Gasteiger partial charge in [-0.05, 0) is 24.6 Å². The van der Waals surface area contributed by atoms with Gasteiger partial charge in [-0.2, -0.15) is 5.10 Å². The van der Waals surface area contributed by atoms with Gasteiger partial charge in [-0.15, -0.1) is 0 Å². The van der Waals surface area contributed by atoms with Crippen molar-refractivity contribution in [2.24, 2.45) is 5.10 Å². The number of rotatable bonds is 3. The Morgan fingerprint density at radius 1 is 1.16 bits per heavy atom. The van der Waals surface area contributed by atoms with Gasteiger partial charge in [0.1, 0.15) is 5.82 Å². The fourth-order valence-corrected chi connectivity index (χ4v) is 1.52. The lowest BCUT2D eigenvalue weighted by Crippen LogP contribution is -2.18. The summed E-state index contributed by atoms with van der Waals surface area (Å²) in [5.74, 6) is -1.13. The summed E-state index contributed by atoms with van der Waals surface area (Å²) in [4.78, 5) is 11.6. The monoisotopic (exact) mass is 256 g/mol. The minimum atomic E-state index is -0.568. The van der Waals surface area contributed by atoms with E-state index in [2.05, 4.69) is 10.5 Å². The second-order valence-electron chi connectivity index (χ2n) is 4.09. The van der Waals surface area contributed by atoms with Crippen LogP contribution in [0.2, 0.25) is 0 Å². The van der Waals surface area contributed by atoms with E-state index in [-0.39, 0.29) is 5.56 Å². The summed E-state index contributed by atoms with van der Waals surface area (Å²) in [6.45, 7) is 1.99. The van der Waals surface area contributed by atoms with Gasteiger partial charge in [0.15, 0.2) is 0 Å². The van der Waals surface area contributed by atoms with Crippen LogP contribution in [0.1, 0.15) is 21.5 Å². The molecule has 0 aliphatic heterocycles. The molecule has 0 saturated heterocycles. The van der Waals surface area contributed by atoms with Crippen LogP contribution >= 0.6 is 0 Å². The lowest BCUT2D eigenvalue weighted by atomic mass is 10.2. The molecule has 3 nitrogen and oxygen atoms in total. The van der Waals surface area contributed by atoms with Crippen molar-refractivity contribution in [1.82, 2.24) is 5.43 Å². The molecule has 0 aromatic heterocycles. The summed E-state index contributed by atoms with van der Waals surface area (Å²) < 4.78 is 13.3. The summed E-state index contributed by atoms with van der Waals surface area (Å²) >= 11 is 0. The number of benzene rings is 2. The molecule has 0 bridgehead atoms. The third kappa shape index (κ3) is 3.48. The Hall–Kier alpha value is -2.49. The minimum absolute atomic E-state index is 0.0245. The number of amides is 1. The second-order valence-corrected chi connectivity index (χ2v) is 4.09. The highest BCUT2D eigenvalue weighted by molar-refractivity contribution is 5.95. The van der Waals surface area contributed by atoms with E-state index in [0.717, 1.165) is 11.1 Å². The highest BCUT2D eigenvalue weighted by atomic mass is 19.1. The first-order valence-corrected chi connectivity index (χ1v) is 5.81. The maximum absolute atomic E-state index is 13.3. The van der Waals surface area contributed by atoms with Crippen LogP contribution in [0.15, 0.2) is 53.6 Å². The molecule has 0 fully saturated rings. The molecule has 0 heterocycles. The van der Waals surface area contributed by atoms with Crippen LogP contribution in [0.4, 0.5) is 4.39 Å². The number of hydrogen-bond donors (Lipinski definition) is 1. The Labute approximate surface area is 110 Å². The largest absolute Gasteiger partial charge is 0.274 e. The van der Waals surface area contributed by atoms with Gasteiger partial charge < -0.3 is 0 Å². The van der Waals surface area contributed by atoms with Crippen molar-refractivity contribution in [3.05, 3.63) is 71.0 Å². The number of hydrogen-bond acceptors (Lipinski definition) is 2. The molecule has 1 N–H and O–H groups in total. The molecule has 4 heteroatoms. The van der Waals surface area contributed by atoms with E-state index in [1.165, 1.54) is 24.4 Å². The average Bonchev–Trinajstić information content (AvgIpc) is 2.41. The zero-order valence-corrected chi connectivity index (χ0v) is 10.4. The number of halogens is 1. The van der Waals surface area contributed by atoms with Gasteiger partial charge in [0.25, 0.3) is 5.91 Å². The molecule has 0 radical (unpaired) electrons. The molecule has 0 spiro atoms. The number of carbonyl (C=O) groups is 1. The summed E-state index contributed by atoms with van der Waals surface area (Å²) in [7, 11) is 0. The normalized spacial score (nSPS) is 10.6. The number of carbonyl (C=O) groups excluding carboxylic acids is 1. The highest BCUT2D eigenvalue weighted by Gasteiger charge is 2.08. The Balaban J connectivity index is 2.01. The standard InChI is InChI=1S/C15H13FN2O/c1-11-6-8-12(9-7-11)10-17-18-15(19)13-4-2-3-5-14(13)16/h2-10H,1H3,(H,18,19)/b17-10-. The Morgan fingerprint density at radius 3 is 2.53 bits per heavy atom. The van der Waals surface area contributed by atoms with E-state index in [0.29, 0.717) is 0 Å². The number of nitrogens with one attached hydrogen (secondary N) is 1. The van der Waals surface area contributed by atoms with Crippen molar-refractivity contribution in [1.29, 1.82) is 0 Å². The van der Waals surface area contributed by atoms with Crippen LogP contribution < -0.4 is 5.43 Å². The van der Waals surface area contributed by atoms with Crippen molar-refractivity contribution in [2.45, 2.75) is 6.92 Å². The topological polar surface area (TPSA) is 41.5 Å². The number of aryl methyl sites for hydroxylation is 1. The van der Waals surface area contributed by atoms with E-state index < -0.39 is 11.7 Å². The van der Waals surface area contributed by atoms with Gasteiger partial charge in [0.2, 0.25) is 0 Å². The summed E-state index contributed by atoms with van der Waals surface area (Å²) in [5.41, 5.74) is 4.28. The first-order chi connectivity index (χ1) is 9.16. The molecule has 0 atom stereocenters. The predicted molar refractivity (Wildman–Crippen MR) is 72.6 cm³/mol. The van der Waals surface area contributed by atoms with E-state index in [1.807, 2.05) is 31.2 Å². The number of nitrogens with zero attached hydrogens (tertiary/aromatic N) is 1. The molecule has 0 saturated carbocycles. The van der Waals surface area contributed by atoms with E-state index in [9.17, 15) is 9.18 Å². The van der Waals surface area contributed by atoms with Gasteiger partial charge in [0.05, 0.1) is 11.8 Å². The van der Waals surface area contributed by atoms with Crippen LogP contribution in [0.3, 0.4) is 0 Å². The van der Waals surface area contributed by atoms with Gasteiger partial charge in [-0.25, -0.2) is 9.82 Å². The summed E-state index contributed by atoms with van der Waals surface area (Å²) in [5, 5.41) is 3.80. The van der Waals surface area contributed by atoms with E-state index in [1.54, 1.807) is 6.07 Å². The molecule has 2 aromatic rings. The molecule has 0 aliphatic rings. The van der Waals surface area contributed by atoms with Crippen molar-refractivity contribution in [3.63, 3.8) is 0 Å². The van der Waals surface area contributed by atoms with Crippen LogP contribution in [-0.4, -0.2) is 12.1 Å². The van der Waals surface area contributed by atoms with Crippen LogP contribution in [0, 0.1) is 12.7 Å². The molecule has 96 valence electrons. The highest BCUT2D eigenvalue weighted by Crippen LogP contribution is 2.05. The van der Waals surface area contributed by atoms with Gasteiger partial charge >= 0.3 is 0 Å². The van der Waals surface area contributed by atoms with Gasteiger partial charge in [-0.3, -0.25) is 4.79 Å². The predicted octanol–water partition coefficient (Wildman–Crippen LogP) is 2.90. The van der Waals surface area contributed by atoms with Gasteiger partial charge in [-0.1, -0.05) is 42.0 Å². The minimum Gasteiger partial charge on any atom is -0.267 e. The quantitative estimate of drug-likeness (QED) is 0.665. The fraction of sp³-hybridized carbons (Fsp3) is 0.0667. The van der Waals surface area contributed by atoms with Crippen molar-refractivity contribution in [2.75, 3.05) is 0 Å². The summed E-state index contributed by atoms with van der Waals surface area (Å²) in [6, 6.07) is 13.4. The average molecular weight is 256 g/mol. The molecule has 0 unspecified atom stereocenters. The SMILES string of the molecule is Cc1ccc(/C=N\NC(=O)c2ccccc2F)cc1. The first-order valence-electron chi connectivity index (χ1n) is 5.81. The third-order valence-electron chi connectivity index (χ3n) is 2.58. The lowest BCUT2D eigenvalue weighted by molar-refractivity contribution is 0.0951. The summed E-state index contributed by atoms with van der Waals surface area (Å²) in [6.07, 6.45) is 1.51. The number of hydrazone groups is 1. The van der Waals surface area contributed by atoms with Gasteiger partial charge in [0, 0.05) is 0 Å². The van der Waals surface area contributed by atoms with Crippen molar-refractivity contribution in [3.8, 4) is 0 Å². The Bertz CT molecular complexity index is 606. The van der Waals surface area contributed by atoms with Crippen LogP contribution in [-0.2, 0) is 0 Å². The molecule has 1 amide bonds. The maximum Gasteiger partial charge on any atom is 0.274 e. The Morgan fingerprint density at radius 2 is 1.84 bits per heavy atom. The molecular formula is C15H13FN2O. The van der Waals surface area contributed by atoms with Crippen LogP contribution in [0.25, 0.3) is 0 Å². The van der Waals surface area contributed by atoms with Crippen molar-refractivity contribution < 1.29 is 9.18 Å². The molecule has 2 aromatic carbocycles. The van der Waals surface area contributed by atoms with E-state index >= 15 is 0 Å². The fourth-order valence-electron chi connectivity index (χ4n) is 1.52. The second kappa shape index (κ2) is 5.91. The molecule has 0 aliphatic carbocycles. The smallest absolute Gasteiger partial charge is 0.267 e. The first kappa shape index (κ1) is 13.0. The zero-order chi connectivity index (χ0) is 13.7. The zero-order valence-electron chi connectivity index (χ0n) is 10.4. The molecule has 2 rings (SSSR count). The Kier molecular flexibility index (Phi) is 4.03. The molecular weight excluding hydrogens is 243 g/mol. The van der Waals surface area contributed by atoms with Crippen molar-refractivity contribution >= 4 is 12.1 Å².